The van der Waals surface area contributed by atoms with Crippen molar-refractivity contribution >= 4 is 37.1 Å². The SMILES string of the molecule is Cc1cccc(P(C[C@@H]2OC(C)(C)O[C@H]2CP(c2cccc(C)c2)c2cccc(C)c2)c2cccc(C)c2)c1. The highest BCUT2D eigenvalue weighted by Crippen LogP contribution is 2.44. The molecule has 0 aromatic heterocycles. The molecule has 0 bridgehead atoms. The smallest absolute Gasteiger partial charge is 0.163 e. The first-order chi connectivity index (χ1) is 18.7. The lowest BCUT2D eigenvalue weighted by atomic mass is 10.2. The van der Waals surface area contributed by atoms with Gasteiger partial charge < -0.3 is 9.47 Å². The first-order valence-electron chi connectivity index (χ1n) is 13.8. The molecule has 0 saturated carbocycles. The van der Waals surface area contributed by atoms with Gasteiger partial charge in [0.2, 0.25) is 0 Å². The molecule has 0 spiro atoms. The Morgan fingerprint density at radius 3 is 1.05 bits per heavy atom. The van der Waals surface area contributed by atoms with Gasteiger partial charge in [0.25, 0.3) is 0 Å². The normalized spacial score (nSPS) is 18.7. The van der Waals surface area contributed by atoms with Gasteiger partial charge in [-0.3, -0.25) is 0 Å². The summed E-state index contributed by atoms with van der Waals surface area (Å²) in [5, 5.41) is 5.62. The molecule has 4 aromatic rings. The lowest BCUT2D eigenvalue weighted by Crippen LogP contribution is -2.33. The maximum atomic E-state index is 6.72. The van der Waals surface area contributed by atoms with Gasteiger partial charge in [-0.1, -0.05) is 119 Å². The van der Waals surface area contributed by atoms with Crippen LogP contribution < -0.4 is 21.2 Å². The summed E-state index contributed by atoms with van der Waals surface area (Å²) >= 11 is 0. The highest BCUT2D eigenvalue weighted by Gasteiger charge is 2.43. The minimum absolute atomic E-state index is 0.0201. The minimum atomic E-state index is -0.604. The second kappa shape index (κ2) is 12.0. The molecular weight excluding hydrogens is 514 g/mol. The van der Waals surface area contributed by atoms with Crippen molar-refractivity contribution in [3.8, 4) is 0 Å². The van der Waals surface area contributed by atoms with Crippen molar-refractivity contribution in [1.82, 2.24) is 0 Å². The van der Waals surface area contributed by atoms with E-state index in [1.165, 1.54) is 43.5 Å². The Morgan fingerprint density at radius 2 is 0.795 bits per heavy atom. The number of aryl methyl sites for hydroxylation is 4. The second-order valence-electron chi connectivity index (χ2n) is 11.3. The van der Waals surface area contributed by atoms with Crippen molar-refractivity contribution in [2.75, 3.05) is 12.3 Å². The van der Waals surface area contributed by atoms with Crippen LogP contribution in [-0.2, 0) is 9.47 Å². The number of hydrogen-bond donors (Lipinski definition) is 0. The fourth-order valence-electron chi connectivity index (χ4n) is 5.48. The van der Waals surface area contributed by atoms with E-state index in [4.69, 9.17) is 9.47 Å². The molecule has 39 heavy (non-hydrogen) atoms. The predicted molar refractivity (Wildman–Crippen MR) is 171 cm³/mol. The van der Waals surface area contributed by atoms with E-state index in [1.807, 2.05) is 0 Å². The Morgan fingerprint density at radius 1 is 0.513 bits per heavy atom. The first-order valence-corrected chi connectivity index (χ1v) is 16.9. The van der Waals surface area contributed by atoms with E-state index in [9.17, 15) is 0 Å². The standard InChI is InChI=1S/C35H40O2P2/c1-25-11-7-15-29(19-25)38(30-16-8-12-26(2)20-30)23-33-34(37-35(5,6)36-33)24-39(31-17-9-13-27(3)21-31)32-18-10-14-28(4)22-32/h7-22,33-34H,23-24H2,1-6H3/t33-,34-/m0/s1. The van der Waals surface area contributed by atoms with Gasteiger partial charge in [0.15, 0.2) is 5.79 Å². The molecule has 1 heterocycles. The summed E-state index contributed by atoms with van der Waals surface area (Å²) in [6.45, 7) is 12.9. The molecule has 1 saturated heterocycles. The molecule has 4 aromatic carbocycles. The zero-order chi connectivity index (χ0) is 27.6. The number of ether oxygens (including phenoxy) is 2. The van der Waals surface area contributed by atoms with Crippen molar-refractivity contribution in [2.24, 2.45) is 0 Å². The maximum Gasteiger partial charge on any atom is 0.163 e. The zero-order valence-electron chi connectivity index (χ0n) is 24.0. The fourth-order valence-corrected chi connectivity index (χ4v) is 10.8. The third-order valence-electron chi connectivity index (χ3n) is 7.26. The average Bonchev–Trinajstić information content (AvgIpc) is 3.18. The minimum Gasteiger partial charge on any atom is -0.344 e. The van der Waals surface area contributed by atoms with Gasteiger partial charge in [0.1, 0.15) is 0 Å². The number of benzene rings is 4. The van der Waals surface area contributed by atoms with Crippen molar-refractivity contribution in [3.05, 3.63) is 119 Å². The number of hydrogen-bond acceptors (Lipinski definition) is 2. The summed E-state index contributed by atoms with van der Waals surface area (Å²) in [6.07, 6.45) is 1.93. The molecule has 1 fully saturated rings. The summed E-state index contributed by atoms with van der Waals surface area (Å²) < 4.78 is 13.4. The van der Waals surface area contributed by atoms with E-state index < -0.39 is 21.6 Å². The summed E-state index contributed by atoms with van der Waals surface area (Å²) in [5.41, 5.74) is 5.21. The van der Waals surface area contributed by atoms with E-state index in [-0.39, 0.29) is 12.2 Å². The van der Waals surface area contributed by atoms with E-state index >= 15 is 0 Å². The van der Waals surface area contributed by atoms with Crippen LogP contribution in [0.15, 0.2) is 97.1 Å². The zero-order valence-corrected chi connectivity index (χ0v) is 25.8. The summed E-state index contributed by atoms with van der Waals surface area (Å²) in [4.78, 5) is 0. The van der Waals surface area contributed by atoms with Crippen LogP contribution in [0.1, 0.15) is 36.1 Å². The van der Waals surface area contributed by atoms with Gasteiger partial charge in [-0.05, 0) is 78.6 Å². The van der Waals surface area contributed by atoms with Crippen LogP contribution in [0.3, 0.4) is 0 Å². The van der Waals surface area contributed by atoms with Crippen LogP contribution in [0.25, 0.3) is 0 Å². The van der Waals surface area contributed by atoms with E-state index in [0.717, 1.165) is 12.3 Å². The quantitative estimate of drug-likeness (QED) is 0.218. The second-order valence-corrected chi connectivity index (χ2v) is 15.8. The predicted octanol–water partition coefficient (Wildman–Crippen LogP) is 7.01. The van der Waals surface area contributed by atoms with Crippen LogP contribution in [0.4, 0.5) is 0 Å². The molecule has 0 radical (unpaired) electrons. The molecule has 1 aliphatic heterocycles. The Hall–Kier alpha value is -2.34. The van der Waals surface area contributed by atoms with Crippen molar-refractivity contribution < 1.29 is 9.47 Å². The topological polar surface area (TPSA) is 18.5 Å². The molecule has 5 rings (SSSR count). The van der Waals surface area contributed by atoms with Crippen molar-refractivity contribution in [3.63, 3.8) is 0 Å². The molecule has 2 nitrogen and oxygen atoms in total. The molecule has 4 heteroatoms. The lowest BCUT2D eigenvalue weighted by molar-refractivity contribution is -0.142. The average molecular weight is 555 g/mol. The van der Waals surface area contributed by atoms with Gasteiger partial charge in [-0.15, -0.1) is 0 Å². The van der Waals surface area contributed by atoms with Crippen LogP contribution in [0.5, 0.6) is 0 Å². The van der Waals surface area contributed by atoms with E-state index in [2.05, 4.69) is 139 Å². The van der Waals surface area contributed by atoms with Gasteiger partial charge in [-0.25, -0.2) is 0 Å². The first kappa shape index (κ1) is 28.2. The maximum absolute atomic E-state index is 6.72. The monoisotopic (exact) mass is 554 g/mol. The lowest BCUT2D eigenvalue weighted by Gasteiger charge is -2.28. The van der Waals surface area contributed by atoms with Gasteiger partial charge in [0, 0.05) is 12.3 Å². The molecule has 0 N–H and O–H groups in total. The molecular formula is C35H40O2P2. The van der Waals surface area contributed by atoms with Crippen LogP contribution >= 0.6 is 15.8 Å². The van der Waals surface area contributed by atoms with Gasteiger partial charge >= 0.3 is 0 Å². The Balaban J connectivity index is 1.51. The van der Waals surface area contributed by atoms with Crippen LogP contribution in [-0.4, -0.2) is 30.3 Å². The molecule has 0 unspecified atom stereocenters. The third kappa shape index (κ3) is 7.06. The summed E-state index contributed by atoms with van der Waals surface area (Å²) in [7, 11) is -1.21. The largest absolute Gasteiger partial charge is 0.344 e. The van der Waals surface area contributed by atoms with Gasteiger partial charge in [0.05, 0.1) is 12.2 Å². The summed E-state index contributed by atoms with van der Waals surface area (Å²) in [5.74, 6) is -0.601. The van der Waals surface area contributed by atoms with E-state index in [0.29, 0.717) is 0 Å². The Kier molecular flexibility index (Phi) is 8.70. The third-order valence-corrected chi connectivity index (χ3v) is 12.3. The molecule has 2 atom stereocenters. The van der Waals surface area contributed by atoms with Crippen molar-refractivity contribution in [1.29, 1.82) is 0 Å². The summed E-state index contributed by atoms with van der Waals surface area (Å²) in [6, 6.07) is 36.1. The van der Waals surface area contributed by atoms with Gasteiger partial charge in [-0.2, -0.15) is 0 Å². The molecule has 0 amide bonds. The Bertz CT molecular complexity index is 1230. The fraction of sp³-hybridized carbons (Fsp3) is 0.314. The van der Waals surface area contributed by atoms with Crippen LogP contribution in [0.2, 0.25) is 0 Å². The van der Waals surface area contributed by atoms with E-state index in [1.54, 1.807) is 0 Å². The molecule has 0 aliphatic carbocycles. The molecule has 1 aliphatic rings. The molecule has 202 valence electrons. The number of rotatable bonds is 8. The highest BCUT2D eigenvalue weighted by molar-refractivity contribution is 7.73. The van der Waals surface area contributed by atoms with Crippen molar-refractivity contribution in [2.45, 2.75) is 59.5 Å². The van der Waals surface area contributed by atoms with Crippen LogP contribution in [0, 0.1) is 27.7 Å². The Labute approximate surface area is 237 Å². The highest BCUT2D eigenvalue weighted by atomic mass is 31.1.